The standard InChI is InChI=1S/C24H16O4S/c25-16-7-5-14(6-8-16)23-18-4-2-1-3-15(18)11-21-24(23)19-10-9-17(12-20(19)29-21)28-13-22(26)27/h1-12,25H,13H2,(H,26,27). The van der Waals surface area contributed by atoms with Crippen LogP contribution in [0.4, 0.5) is 0 Å². The number of thiophene rings is 1. The zero-order valence-corrected chi connectivity index (χ0v) is 16.1. The molecular formula is C24H16O4S. The summed E-state index contributed by atoms with van der Waals surface area (Å²) in [6.07, 6.45) is 0. The van der Waals surface area contributed by atoms with Crippen LogP contribution in [0.25, 0.3) is 42.1 Å². The number of phenols is 1. The molecule has 4 nitrogen and oxygen atoms in total. The van der Waals surface area contributed by atoms with E-state index in [1.54, 1.807) is 23.5 Å². The third-order valence-electron chi connectivity index (χ3n) is 4.97. The molecule has 0 radical (unpaired) electrons. The highest BCUT2D eigenvalue weighted by Gasteiger charge is 2.16. The van der Waals surface area contributed by atoms with E-state index < -0.39 is 5.97 Å². The molecule has 5 aromatic rings. The molecule has 142 valence electrons. The summed E-state index contributed by atoms with van der Waals surface area (Å²) in [5.41, 5.74) is 2.17. The zero-order chi connectivity index (χ0) is 20.0. The second-order valence-corrected chi connectivity index (χ2v) is 7.92. The number of aromatic hydroxyl groups is 1. The predicted molar refractivity (Wildman–Crippen MR) is 117 cm³/mol. The van der Waals surface area contributed by atoms with E-state index >= 15 is 0 Å². The van der Waals surface area contributed by atoms with Crippen LogP contribution < -0.4 is 4.74 Å². The monoisotopic (exact) mass is 400 g/mol. The average Bonchev–Trinajstić information content (AvgIpc) is 3.08. The van der Waals surface area contributed by atoms with Gasteiger partial charge in [0.1, 0.15) is 11.5 Å². The van der Waals surface area contributed by atoms with Gasteiger partial charge in [-0.15, -0.1) is 11.3 Å². The lowest BCUT2D eigenvalue weighted by molar-refractivity contribution is -0.139. The summed E-state index contributed by atoms with van der Waals surface area (Å²) in [6.45, 7) is -0.362. The highest BCUT2D eigenvalue weighted by Crippen LogP contribution is 2.45. The Hall–Kier alpha value is -3.57. The molecule has 5 heteroatoms. The van der Waals surface area contributed by atoms with E-state index in [-0.39, 0.29) is 12.4 Å². The molecule has 0 aliphatic carbocycles. The van der Waals surface area contributed by atoms with E-state index in [1.807, 2.05) is 42.5 Å². The Kier molecular flexibility index (Phi) is 4.11. The number of fused-ring (bicyclic) bond motifs is 4. The van der Waals surface area contributed by atoms with E-state index in [4.69, 9.17) is 9.84 Å². The van der Waals surface area contributed by atoms with Gasteiger partial charge in [-0.1, -0.05) is 36.4 Å². The summed E-state index contributed by atoms with van der Waals surface area (Å²) in [4.78, 5) is 10.8. The van der Waals surface area contributed by atoms with Gasteiger partial charge in [0.15, 0.2) is 6.61 Å². The molecule has 5 rings (SSSR count). The smallest absolute Gasteiger partial charge is 0.341 e. The van der Waals surface area contributed by atoms with Gasteiger partial charge in [0, 0.05) is 20.2 Å². The summed E-state index contributed by atoms with van der Waals surface area (Å²) < 4.78 is 7.55. The molecule has 1 heterocycles. The van der Waals surface area contributed by atoms with Crippen LogP contribution in [0, 0.1) is 0 Å². The molecule has 2 N–H and O–H groups in total. The molecule has 0 saturated carbocycles. The fourth-order valence-electron chi connectivity index (χ4n) is 3.74. The number of carboxylic acid groups (broad SMARTS) is 1. The van der Waals surface area contributed by atoms with Gasteiger partial charge >= 0.3 is 5.97 Å². The fourth-order valence-corrected chi connectivity index (χ4v) is 4.94. The number of carbonyl (C=O) groups is 1. The van der Waals surface area contributed by atoms with Crippen molar-refractivity contribution < 1.29 is 19.7 Å². The third kappa shape index (κ3) is 3.05. The predicted octanol–water partition coefficient (Wildman–Crippen LogP) is 6.04. The number of phenolic OH excluding ortho intramolecular Hbond substituents is 1. The summed E-state index contributed by atoms with van der Waals surface area (Å²) in [5.74, 6) is -0.217. The minimum Gasteiger partial charge on any atom is -0.508 e. The van der Waals surface area contributed by atoms with E-state index in [0.717, 1.165) is 42.1 Å². The Morgan fingerprint density at radius 2 is 1.69 bits per heavy atom. The highest BCUT2D eigenvalue weighted by atomic mass is 32.1. The molecule has 4 aromatic carbocycles. The van der Waals surface area contributed by atoms with Crippen LogP contribution in [0.5, 0.6) is 11.5 Å². The van der Waals surface area contributed by atoms with E-state index in [9.17, 15) is 9.90 Å². The maximum absolute atomic E-state index is 10.8. The van der Waals surface area contributed by atoms with Crippen molar-refractivity contribution in [2.75, 3.05) is 6.61 Å². The topological polar surface area (TPSA) is 66.8 Å². The number of aliphatic carboxylic acids is 1. The van der Waals surface area contributed by atoms with Gasteiger partial charge in [-0.25, -0.2) is 4.79 Å². The minimum atomic E-state index is -0.998. The van der Waals surface area contributed by atoms with E-state index in [2.05, 4.69) is 18.2 Å². The van der Waals surface area contributed by atoms with Crippen LogP contribution >= 0.6 is 11.3 Å². The molecule has 0 spiro atoms. The van der Waals surface area contributed by atoms with Crippen molar-refractivity contribution in [3.05, 3.63) is 72.8 Å². The second-order valence-electron chi connectivity index (χ2n) is 6.84. The summed E-state index contributed by atoms with van der Waals surface area (Å²) in [5, 5.41) is 23.1. The number of hydrogen-bond acceptors (Lipinski definition) is 4. The first-order chi connectivity index (χ1) is 14.1. The van der Waals surface area contributed by atoms with Gasteiger partial charge < -0.3 is 14.9 Å². The maximum Gasteiger partial charge on any atom is 0.341 e. The van der Waals surface area contributed by atoms with Crippen LogP contribution in [-0.2, 0) is 4.79 Å². The lowest BCUT2D eigenvalue weighted by Crippen LogP contribution is -2.09. The lowest BCUT2D eigenvalue weighted by Gasteiger charge is -2.10. The number of benzene rings is 4. The van der Waals surface area contributed by atoms with Gasteiger partial charge in [-0.2, -0.15) is 0 Å². The quantitative estimate of drug-likeness (QED) is 0.386. The summed E-state index contributed by atoms with van der Waals surface area (Å²) in [7, 11) is 0. The molecule has 0 atom stereocenters. The van der Waals surface area contributed by atoms with Crippen molar-refractivity contribution in [2.24, 2.45) is 0 Å². The molecule has 0 fully saturated rings. The molecule has 0 unspecified atom stereocenters. The van der Waals surface area contributed by atoms with Gasteiger partial charge in [-0.3, -0.25) is 0 Å². The Morgan fingerprint density at radius 1 is 0.897 bits per heavy atom. The van der Waals surface area contributed by atoms with Crippen LogP contribution in [-0.4, -0.2) is 22.8 Å². The SMILES string of the molecule is O=C(O)COc1ccc2c(c1)sc1cc3ccccc3c(-c3ccc(O)cc3)c12. The first-order valence-corrected chi connectivity index (χ1v) is 9.94. The first kappa shape index (κ1) is 17.5. The zero-order valence-electron chi connectivity index (χ0n) is 15.3. The van der Waals surface area contributed by atoms with Gasteiger partial charge in [0.25, 0.3) is 0 Å². The van der Waals surface area contributed by atoms with Gasteiger partial charge in [0.05, 0.1) is 0 Å². The van der Waals surface area contributed by atoms with E-state index in [1.165, 1.54) is 0 Å². The van der Waals surface area contributed by atoms with Crippen molar-refractivity contribution in [3.63, 3.8) is 0 Å². The van der Waals surface area contributed by atoms with Crippen LogP contribution in [0.3, 0.4) is 0 Å². The molecule has 0 aliphatic heterocycles. The maximum atomic E-state index is 10.8. The molecule has 1 aromatic heterocycles. The number of ether oxygens (including phenoxy) is 1. The lowest BCUT2D eigenvalue weighted by atomic mass is 9.93. The minimum absolute atomic E-state index is 0.237. The Labute approximate surface area is 170 Å². The van der Waals surface area contributed by atoms with Gasteiger partial charge in [-0.05, 0) is 58.3 Å². The van der Waals surface area contributed by atoms with Crippen molar-refractivity contribution in [1.29, 1.82) is 0 Å². The highest BCUT2D eigenvalue weighted by molar-refractivity contribution is 7.26. The number of rotatable bonds is 4. The van der Waals surface area contributed by atoms with Crippen molar-refractivity contribution >= 4 is 48.3 Å². The van der Waals surface area contributed by atoms with Crippen LogP contribution in [0.1, 0.15) is 0 Å². The number of hydrogen-bond donors (Lipinski definition) is 2. The molecule has 0 bridgehead atoms. The van der Waals surface area contributed by atoms with E-state index in [0.29, 0.717) is 5.75 Å². The normalized spacial score (nSPS) is 11.3. The molecule has 0 amide bonds. The first-order valence-electron chi connectivity index (χ1n) is 9.12. The fraction of sp³-hybridized carbons (Fsp3) is 0.0417. The number of carboxylic acids is 1. The van der Waals surface area contributed by atoms with Crippen molar-refractivity contribution in [2.45, 2.75) is 0 Å². The summed E-state index contributed by atoms with van der Waals surface area (Å²) in [6, 6.07) is 23.4. The Morgan fingerprint density at radius 3 is 2.48 bits per heavy atom. The molecule has 0 saturated heterocycles. The van der Waals surface area contributed by atoms with Crippen LogP contribution in [0.15, 0.2) is 72.8 Å². The van der Waals surface area contributed by atoms with Crippen LogP contribution in [0.2, 0.25) is 0 Å². The molecule has 0 aliphatic rings. The Bertz CT molecular complexity index is 1380. The van der Waals surface area contributed by atoms with Crippen molar-refractivity contribution in [3.8, 4) is 22.6 Å². The Balaban J connectivity index is 1.82. The molecule has 29 heavy (non-hydrogen) atoms. The van der Waals surface area contributed by atoms with Gasteiger partial charge in [0.2, 0.25) is 0 Å². The second kappa shape index (κ2) is 6.79. The van der Waals surface area contributed by atoms with Crippen molar-refractivity contribution in [1.82, 2.24) is 0 Å². The third-order valence-corrected chi connectivity index (χ3v) is 6.07. The summed E-state index contributed by atoms with van der Waals surface area (Å²) >= 11 is 1.66. The largest absolute Gasteiger partial charge is 0.508 e. The average molecular weight is 400 g/mol. The molecular weight excluding hydrogens is 384 g/mol.